The zero-order chi connectivity index (χ0) is 9.23. The lowest BCUT2D eigenvalue weighted by molar-refractivity contribution is 0.277. The molecule has 0 aromatic heterocycles. The van der Waals surface area contributed by atoms with E-state index in [0.29, 0.717) is 6.61 Å². The van der Waals surface area contributed by atoms with E-state index >= 15 is 0 Å². The van der Waals surface area contributed by atoms with E-state index in [-0.39, 0.29) is 0 Å². The molecule has 12 heavy (non-hydrogen) atoms. The van der Waals surface area contributed by atoms with Crippen LogP contribution in [0.4, 0.5) is 0 Å². The van der Waals surface area contributed by atoms with Crippen molar-refractivity contribution in [2.24, 2.45) is 5.92 Å². The number of aliphatic hydroxyl groups is 1. The Morgan fingerprint density at radius 1 is 1.00 bits per heavy atom. The third-order valence-electron chi connectivity index (χ3n) is 2.41. The summed E-state index contributed by atoms with van der Waals surface area (Å²) in [5.74, 6) is 0.864. The Labute approximate surface area is 77.2 Å². The topological polar surface area (TPSA) is 20.2 Å². The SMILES string of the molecule is CCCCCC(C)CCCCO. The van der Waals surface area contributed by atoms with Crippen molar-refractivity contribution >= 4 is 0 Å². The summed E-state index contributed by atoms with van der Waals surface area (Å²) in [5.41, 5.74) is 0. The van der Waals surface area contributed by atoms with Crippen molar-refractivity contribution in [2.45, 2.75) is 58.8 Å². The number of hydrogen-bond donors (Lipinski definition) is 1. The van der Waals surface area contributed by atoms with Gasteiger partial charge in [-0.3, -0.25) is 0 Å². The molecule has 1 unspecified atom stereocenters. The lowest BCUT2D eigenvalue weighted by atomic mass is 9.97. The van der Waals surface area contributed by atoms with Crippen LogP contribution in [0.25, 0.3) is 0 Å². The van der Waals surface area contributed by atoms with E-state index < -0.39 is 0 Å². The molecule has 0 saturated heterocycles. The van der Waals surface area contributed by atoms with Gasteiger partial charge in [0, 0.05) is 6.61 Å². The Kier molecular flexibility index (Phi) is 9.02. The summed E-state index contributed by atoms with van der Waals surface area (Å²) in [6.45, 7) is 4.94. The molecule has 0 aromatic rings. The first-order valence-corrected chi connectivity index (χ1v) is 5.42. The number of aliphatic hydroxyl groups excluding tert-OH is 1. The van der Waals surface area contributed by atoms with Gasteiger partial charge in [0.1, 0.15) is 0 Å². The number of hydrogen-bond acceptors (Lipinski definition) is 1. The minimum Gasteiger partial charge on any atom is -0.396 e. The summed E-state index contributed by atoms with van der Waals surface area (Å²) >= 11 is 0. The average molecular weight is 172 g/mol. The van der Waals surface area contributed by atoms with Gasteiger partial charge in [0.2, 0.25) is 0 Å². The third-order valence-corrected chi connectivity index (χ3v) is 2.41. The van der Waals surface area contributed by atoms with Crippen LogP contribution in [0.5, 0.6) is 0 Å². The summed E-state index contributed by atoms with van der Waals surface area (Å²) in [6.07, 6.45) is 8.94. The highest BCUT2D eigenvalue weighted by Gasteiger charge is 2.00. The molecule has 0 amide bonds. The molecule has 1 nitrogen and oxygen atoms in total. The van der Waals surface area contributed by atoms with E-state index in [1.807, 2.05) is 0 Å². The van der Waals surface area contributed by atoms with Crippen molar-refractivity contribution in [2.75, 3.05) is 6.61 Å². The first-order chi connectivity index (χ1) is 5.81. The maximum Gasteiger partial charge on any atom is 0.0431 e. The van der Waals surface area contributed by atoms with Gasteiger partial charge in [0.15, 0.2) is 0 Å². The van der Waals surface area contributed by atoms with Crippen LogP contribution < -0.4 is 0 Å². The molecule has 0 aliphatic carbocycles. The standard InChI is InChI=1S/C11H24O/c1-3-4-5-8-11(2)9-6-7-10-12/h11-12H,3-10H2,1-2H3. The van der Waals surface area contributed by atoms with Crippen molar-refractivity contribution in [3.05, 3.63) is 0 Å². The summed E-state index contributed by atoms with van der Waals surface area (Å²) in [4.78, 5) is 0. The summed E-state index contributed by atoms with van der Waals surface area (Å²) < 4.78 is 0. The molecule has 0 rings (SSSR count). The monoisotopic (exact) mass is 172 g/mol. The Balaban J connectivity index is 3.04. The average Bonchev–Trinajstić information content (AvgIpc) is 2.06. The van der Waals surface area contributed by atoms with Crippen molar-refractivity contribution in [1.29, 1.82) is 0 Å². The Hall–Kier alpha value is -0.0400. The second-order valence-corrected chi connectivity index (χ2v) is 3.82. The minimum absolute atomic E-state index is 0.363. The number of rotatable bonds is 8. The first-order valence-electron chi connectivity index (χ1n) is 5.42. The molecule has 74 valence electrons. The molecular formula is C11H24O. The molecule has 0 aliphatic rings. The van der Waals surface area contributed by atoms with Gasteiger partial charge in [-0.15, -0.1) is 0 Å². The summed E-state index contributed by atoms with van der Waals surface area (Å²) in [5, 5.41) is 8.59. The zero-order valence-corrected chi connectivity index (χ0v) is 8.68. The van der Waals surface area contributed by atoms with Crippen molar-refractivity contribution in [3.63, 3.8) is 0 Å². The van der Waals surface area contributed by atoms with Crippen molar-refractivity contribution in [3.8, 4) is 0 Å². The Bertz CT molecular complexity index is 71.1. The highest BCUT2D eigenvalue weighted by Crippen LogP contribution is 2.15. The van der Waals surface area contributed by atoms with Gasteiger partial charge in [-0.1, -0.05) is 52.4 Å². The molecular weight excluding hydrogens is 148 g/mol. The van der Waals surface area contributed by atoms with Crippen LogP contribution in [-0.4, -0.2) is 11.7 Å². The fraction of sp³-hybridized carbons (Fsp3) is 1.00. The van der Waals surface area contributed by atoms with Crippen LogP contribution in [0.2, 0.25) is 0 Å². The van der Waals surface area contributed by atoms with Gasteiger partial charge in [-0.2, -0.15) is 0 Å². The second-order valence-electron chi connectivity index (χ2n) is 3.82. The molecule has 0 saturated carbocycles. The van der Waals surface area contributed by atoms with Crippen LogP contribution >= 0.6 is 0 Å². The van der Waals surface area contributed by atoms with E-state index in [1.165, 1.54) is 38.5 Å². The lowest BCUT2D eigenvalue weighted by Gasteiger charge is -2.09. The molecule has 0 heterocycles. The largest absolute Gasteiger partial charge is 0.396 e. The van der Waals surface area contributed by atoms with Gasteiger partial charge in [0.05, 0.1) is 0 Å². The molecule has 0 spiro atoms. The third kappa shape index (κ3) is 8.06. The highest BCUT2D eigenvalue weighted by atomic mass is 16.2. The Morgan fingerprint density at radius 2 is 1.58 bits per heavy atom. The van der Waals surface area contributed by atoms with Crippen LogP contribution in [0, 0.1) is 5.92 Å². The molecule has 0 radical (unpaired) electrons. The van der Waals surface area contributed by atoms with E-state index in [0.717, 1.165) is 12.3 Å². The first kappa shape index (κ1) is 12.0. The van der Waals surface area contributed by atoms with E-state index in [4.69, 9.17) is 5.11 Å². The summed E-state index contributed by atoms with van der Waals surface area (Å²) in [7, 11) is 0. The maximum atomic E-state index is 8.59. The quantitative estimate of drug-likeness (QED) is 0.557. The molecule has 1 heteroatoms. The van der Waals surface area contributed by atoms with Crippen molar-refractivity contribution in [1.82, 2.24) is 0 Å². The van der Waals surface area contributed by atoms with Gasteiger partial charge in [-0.05, 0) is 12.3 Å². The molecule has 0 aromatic carbocycles. The lowest BCUT2D eigenvalue weighted by Crippen LogP contribution is -1.95. The van der Waals surface area contributed by atoms with E-state index in [2.05, 4.69) is 13.8 Å². The molecule has 0 bridgehead atoms. The van der Waals surface area contributed by atoms with Gasteiger partial charge in [-0.25, -0.2) is 0 Å². The highest BCUT2D eigenvalue weighted by molar-refractivity contribution is 4.53. The molecule has 1 N–H and O–H groups in total. The molecule has 0 aliphatic heterocycles. The zero-order valence-electron chi connectivity index (χ0n) is 8.68. The number of unbranched alkanes of at least 4 members (excludes halogenated alkanes) is 3. The van der Waals surface area contributed by atoms with Gasteiger partial charge < -0.3 is 5.11 Å². The van der Waals surface area contributed by atoms with Gasteiger partial charge >= 0.3 is 0 Å². The molecule has 0 fully saturated rings. The fourth-order valence-corrected chi connectivity index (χ4v) is 1.49. The van der Waals surface area contributed by atoms with Crippen LogP contribution in [0.3, 0.4) is 0 Å². The minimum atomic E-state index is 0.363. The van der Waals surface area contributed by atoms with E-state index in [9.17, 15) is 0 Å². The predicted octanol–water partition coefficient (Wildman–Crippen LogP) is 3.37. The maximum absolute atomic E-state index is 8.59. The normalized spacial score (nSPS) is 13.2. The predicted molar refractivity (Wildman–Crippen MR) is 54.2 cm³/mol. The van der Waals surface area contributed by atoms with Gasteiger partial charge in [0.25, 0.3) is 0 Å². The molecule has 1 atom stereocenters. The van der Waals surface area contributed by atoms with Crippen molar-refractivity contribution < 1.29 is 5.11 Å². The van der Waals surface area contributed by atoms with Crippen LogP contribution in [-0.2, 0) is 0 Å². The smallest absolute Gasteiger partial charge is 0.0431 e. The summed E-state index contributed by atoms with van der Waals surface area (Å²) in [6, 6.07) is 0. The second kappa shape index (κ2) is 9.05. The van der Waals surface area contributed by atoms with Crippen LogP contribution in [0.15, 0.2) is 0 Å². The van der Waals surface area contributed by atoms with E-state index in [1.54, 1.807) is 0 Å². The van der Waals surface area contributed by atoms with Crippen LogP contribution in [0.1, 0.15) is 58.8 Å². The Morgan fingerprint density at radius 3 is 2.08 bits per heavy atom. The fourth-order valence-electron chi connectivity index (χ4n) is 1.49.